The molecule has 6 rings (SSSR count). The van der Waals surface area contributed by atoms with Crippen molar-refractivity contribution in [2.45, 2.75) is 207 Å². The fourth-order valence-electron chi connectivity index (χ4n) is 13.7. The molecule has 0 spiro atoms. The van der Waals surface area contributed by atoms with Crippen LogP contribution in [0, 0.1) is 29.6 Å². The lowest BCUT2D eigenvalue weighted by molar-refractivity contribution is -0.148. The number of methoxy groups -OCH3 is 2. The predicted octanol–water partition coefficient (Wildman–Crippen LogP) is 8.87. The Bertz CT molecular complexity index is 3550. The van der Waals surface area contributed by atoms with Gasteiger partial charge in [-0.15, -0.1) is 0 Å². The lowest BCUT2D eigenvalue weighted by atomic mass is 9.89. The lowest BCUT2D eigenvalue weighted by Gasteiger charge is -2.41. The minimum atomic E-state index is -1.12. The van der Waals surface area contributed by atoms with E-state index >= 15 is 0 Å². The first kappa shape index (κ1) is 83.7. The van der Waals surface area contributed by atoms with Crippen molar-refractivity contribution in [2.75, 3.05) is 51.6 Å². The van der Waals surface area contributed by atoms with Crippen molar-refractivity contribution in [3.63, 3.8) is 0 Å². The van der Waals surface area contributed by atoms with E-state index in [9.17, 15) is 53.1 Å². The number of hydrogen-bond acceptors (Lipinski definition) is 14. The van der Waals surface area contributed by atoms with Gasteiger partial charge in [-0.05, 0) is 115 Å². The zero-order chi connectivity index (χ0) is 76.5. The molecule has 0 radical (unpaired) electrons. The summed E-state index contributed by atoms with van der Waals surface area (Å²) in [5.41, 5.74) is 10.6. The van der Waals surface area contributed by atoms with Gasteiger partial charge in [0.05, 0.1) is 61.0 Å². The Labute approximate surface area is 613 Å². The topological polar surface area (TPSA) is 330 Å². The van der Waals surface area contributed by atoms with Crippen molar-refractivity contribution in [2.24, 2.45) is 35.3 Å². The van der Waals surface area contributed by atoms with Gasteiger partial charge in [0.1, 0.15) is 30.8 Å². The summed E-state index contributed by atoms with van der Waals surface area (Å²) in [4.78, 5) is 144. The number of carbonyl (C=O) groups is 10. The van der Waals surface area contributed by atoms with E-state index in [4.69, 9.17) is 19.9 Å². The van der Waals surface area contributed by atoms with Crippen molar-refractivity contribution in [3.8, 4) is 0 Å². The Morgan fingerprint density at radius 3 is 1.92 bits per heavy atom. The molecule has 2 aliphatic heterocycles. The summed E-state index contributed by atoms with van der Waals surface area (Å²) < 4.78 is 17.8. The van der Waals surface area contributed by atoms with Gasteiger partial charge in [-0.3, -0.25) is 43.3 Å². The number of anilines is 2. The summed E-state index contributed by atoms with van der Waals surface area (Å²) in [6.45, 7) is 18.8. The molecule has 12 unspecified atom stereocenters. The number of ether oxygens (including phenoxy) is 3. The number of primary amides is 1. The van der Waals surface area contributed by atoms with Crippen LogP contribution < -0.4 is 42.5 Å². The second kappa shape index (κ2) is 40.7. The smallest absolute Gasteiger partial charge is 0.410 e. The number of nitrogens with one attached hydrogen (secondary N) is 6. The molecule has 2 heterocycles. The van der Waals surface area contributed by atoms with Gasteiger partial charge in [0.2, 0.25) is 47.3 Å². The van der Waals surface area contributed by atoms with Gasteiger partial charge in [0.15, 0.2) is 0 Å². The molecule has 0 aliphatic carbocycles. The molecule has 2 aliphatic rings. The molecule has 9 N–H and O–H groups in total. The highest BCUT2D eigenvalue weighted by Crippen LogP contribution is 2.33. The van der Waals surface area contributed by atoms with Crippen molar-refractivity contribution in [1.29, 1.82) is 0 Å². The molecule has 4 aromatic rings. The number of rotatable bonds is 37. The fourth-order valence-corrected chi connectivity index (χ4v) is 13.7. The maximum absolute atomic E-state index is 14.9. The van der Waals surface area contributed by atoms with Gasteiger partial charge < -0.3 is 71.7 Å². The third kappa shape index (κ3) is 23.4. The SMILES string of the molecule is CCC(C)C(C(CC(=O)N1CCCC1C(OC)C(C)C(=O)NC(C)C(O)c1ccccc1)OC)N(C)C(=O)C(NC(=O)C(C(C)C)N(C)C(=O)OCc1ccc(NC(=O)C(CCCNC(N)=O)NC(=O)C(NC(=O)CCCCC(=O)N2Cc3ccccc3C=Cc3ccccc32)C(C)C)cc1)C(C)C. The Morgan fingerprint density at radius 2 is 1.29 bits per heavy atom. The van der Waals surface area contributed by atoms with Gasteiger partial charge in [0.25, 0.3) is 0 Å². The fraction of sp³-hybridized carbons (Fsp3) is 0.544. The monoisotopic (exact) mass is 1440 g/mol. The number of aliphatic hydroxyl groups excluding tert-OH is 1. The van der Waals surface area contributed by atoms with Crippen LogP contribution in [0.4, 0.5) is 21.0 Å². The number of unbranched alkanes of at least 4 members (excludes halogenated alkanes) is 1. The Kier molecular flexibility index (Phi) is 32.8. The Morgan fingerprint density at radius 1 is 0.654 bits per heavy atom. The number of nitrogens with zero attached hydrogens (tertiary/aromatic N) is 4. The van der Waals surface area contributed by atoms with Crippen molar-refractivity contribution < 1.29 is 67.3 Å². The minimum absolute atomic E-state index is 0.0534. The van der Waals surface area contributed by atoms with E-state index < -0.39 is 120 Å². The number of amides is 11. The van der Waals surface area contributed by atoms with Crippen LogP contribution in [0.1, 0.15) is 167 Å². The van der Waals surface area contributed by atoms with E-state index in [1.54, 1.807) is 114 Å². The second-order valence-electron chi connectivity index (χ2n) is 28.6. The van der Waals surface area contributed by atoms with Gasteiger partial charge in [0, 0.05) is 59.9 Å². The highest BCUT2D eigenvalue weighted by atomic mass is 16.6. The number of benzene rings is 4. The average Bonchev–Trinajstić information content (AvgIpc) is 1.14. The van der Waals surface area contributed by atoms with Crippen LogP contribution in [0.3, 0.4) is 0 Å². The normalized spacial score (nSPS) is 16.6. The Balaban J connectivity index is 1.02. The highest BCUT2D eigenvalue weighted by molar-refractivity contribution is 5.99. The summed E-state index contributed by atoms with van der Waals surface area (Å²) in [7, 11) is 6.10. The van der Waals surface area contributed by atoms with Crippen LogP contribution >= 0.6 is 0 Å². The first-order valence-corrected chi connectivity index (χ1v) is 36.5. The first-order valence-electron chi connectivity index (χ1n) is 36.5. The molecule has 0 saturated carbocycles. The molecule has 11 amide bonds. The number of likely N-dealkylation sites (N-methyl/N-ethyl adjacent to an activating group) is 2. The van der Waals surface area contributed by atoms with E-state index in [1.807, 2.05) is 86.7 Å². The maximum Gasteiger partial charge on any atom is 0.410 e. The number of carbonyl (C=O) groups excluding carboxylic acids is 10. The van der Waals surface area contributed by atoms with Crippen molar-refractivity contribution in [1.82, 2.24) is 41.3 Å². The molecule has 568 valence electrons. The molecule has 25 nitrogen and oxygen atoms in total. The number of likely N-dealkylation sites (tertiary alicyclic amines) is 1. The van der Waals surface area contributed by atoms with Crippen molar-refractivity contribution >= 4 is 82.9 Å². The van der Waals surface area contributed by atoms with Gasteiger partial charge in [-0.1, -0.05) is 166 Å². The average molecular weight is 1440 g/mol. The number of hydrogen-bond donors (Lipinski definition) is 8. The van der Waals surface area contributed by atoms with Crippen LogP contribution in [0.25, 0.3) is 12.2 Å². The first-order chi connectivity index (χ1) is 49.5. The highest BCUT2D eigenvalue weighted by Gasteiger charge is 2.44. The van der Waals surface area contributed by atoms with Crippen molar-refractivity contribution in [3.05, 3.63) is 131 Å². The van der Waals surface area contributed by atoms with E-state index in [1.165, 1.54) is 26.2 Å². The number of nitrogens with two attached hydrogens (primary N) is 1. The molecule has 0 aromatic heterocycles. The molecule has 25 heteroatoms. The van der Waals surface area contributed by atoms with Gasteiger partial charge >= 0.3 is 12.1 Å². The summed E-state index contributed by atoms with van der Waals surface area (Å²) >= 11 is 0. The third-order valence-corrected chi connectivity index (χ3v) is 19.9. The van der Waals surface area contributed by atoms with Gasteiger partial charge in [-0.2, -0.15) is 0 Å². The van der Waals surface area contributed by atoms with E-state index in [0.29, 0.717) is 62.0 Å². The number of aliphatic hydroxyl groups is 1. The maximum atomic E-state index is 14.9. The summed E-state index contributed by atoms with van der Waals surface area (Å²) in [5, 5.41) is 27.8. The number of urea groups is 1. The van der Waals surface area contributed by atoms with Crippen LogP contribution in [0.5, 0.6) is 0 Å². The summed E-state index contributed by atoms with van der Waals surface area (Å²) in [6, 6.07) is 24.4. The van der Waals surface area contributed by atoms with E-state index in [0.717, 1.165) is 22.4 Å². The zero-order valence-electron chi connectivity index (χ0n) is 63.2. The second-order valence-corrected chi connectivity index (χ2v) is 28.6. The molecule has 1 saturated heterocycles. The molecular weight excluding hydrogens is 1330 g/mol. The van der Waals surface area contributed by atoms with Crippen LogP contribution in [-0.2, 0) is 65.7 Å². The van der Waals surface area contributed by atoms with Crippen LogP contribution in [0.15, 0.2) is 103 Å². The number of fused-ring (bicyclic) bond motifs is 2. The summed E-state index contributed by atoms with van der Waals surface area (Å²) in [6.07, 6.45) is 4.05. The third-order valence-electron chi connectivity index (χ3n) is 19.9. The summed E-state index contributed by atoms with van der Waals surface area (Å²) in [5.74, 6) is -5.34. The van der Waals surface area contributed by atoms with E-state index in [2.05, 4.69) is 38.0 Å². The van der Waals surface area contributed by atoms with Crippen LogP contribution in [-0.4, -0.2) is 175 Å². The largest absolute Gasteiger partial charge is 0.445 e. The predicted molar refractivity (Wildman–Crippen MR) is 401 cm³/mol. The molecule has 1 fully saturated rings. The Hall–Kier alpha value is -9.20. The van der Waals surface area contributed by atoms with E-state index in [-0.39, 0.29) is 74.8 Å². The molecule has 4 aromatic carbocycles. The lowest BCUT2D eigenvalue weighted by Crippen LogP contribution is -2.60. The standard InChI is InChI=1S/C79H113N11O14/c1-15-51(8)70(63(102-13)45-66(93)89-44-26-34-62(89)72(103-14)52(9)73(95)82-53(10)71(94)57-29-17-16-18-30-57)87(11)77(99)68(49(4)5)86-76(98)69(50(6)7)88(12)79(101)104-47-54-37-41-59(42-38-54)83-74(96)60(32-25-43-81-78(80)100)84-75(97)67(48(2)3)85-64(91)35-23-24-36-65(92)90-46-58-31-20-19-27-55(58)39-40-56-28-21-22-33-61(56)90/h16-22,27-31,33,37-42,48-53,60,62-63,67-72,94H,15,23-26,32,34-36,43-47H2,1-14H3,(H,82,95)(H,83,96)(H,84,97)(H,85,91)(H,86,98)(H3,80,81,100). The molecular formula is C79H113N11O14. The minimum Gasteiger partial charge on any atom is -0.445 e. The quantitative estimate of drug-likeness (QED) is 0.0196. The molecule has 12 atom stereocenters. The zero-order valence-corrected chi connectivity index (χ0v) is 63.2. The number of para-hydroxylation sites is 1. The molecule has 104 heavy (non-hydrogen) atoms. The van der Waals surface area contributed by atoms with Crippen LogP contribution in [0.2, 0.25) is 0 Å². The molecule has 0 bridgehead atoms. The van der Waals surface area contributed by atoms with Gasteiger partial charge in [-0.25, -0.2) is 9.59 Å².